The zero-order valence-corrected chi connectivity index (χ0v) is 7.99. The largest absolute Gasteiger partial charge is 0.457 e. The highest BCUT2D eigenvalue weighted by atomic mass is 16.6. The topological polar surface area (TPSA) is 82.3 Å². The van der Waals surface area contributed by atoms with Crippen molar-refractivity contribution in [3.8, 4) is 0 Å². The van der Waals surface area contributed by atoms with Gasteiger partial charge in [-0.1, -0.05) is 0 Å². The van der Waals surface area contributed by atoms with Crippen LogP contribution in [0.25, 0.3) is 0 Å². The van der Waals surface area contributed by atoms with Crippen LogP contribution in [0.15, 0.2) is 41.4 Å². The first-order valence-electron chi connectivity index (χ1n) is 4.33. The van der Waals surface area contributed by atoms with Crippen LogP contribution in [0.3, 0.4) is 0 Å². The third kappa shape index (κ3) is 2.11. The third-order valence-electron chi connectivity index (χ3n) is 1.68. The molecule has 0 fully saturated rings. The summed E-state index contributed by atoms with van der Waals surface area (Å²) in [5.41, 5.74) is -0.0394. The summed E-state index contributed by atoms with van der Waals surface area (Å²) in [6.07, 6.45) is 5.25. The molecule has 2 heterocycles. The smallest absolute Gasteiger partial charge is 0.382 e. The lowest BCUT2D eigenvalue weighted by atomic mass is 10.4. The SMILES string of the molecule is O=C(OC(=O)c1ccco1)c1cnccn1. The molecule has 6 heteroatoms. The summed E-state index contributed by atoms with van der Waals surface area (Å²) in [5.74, 6) is -1.77. The molecule has 0 spiro atoms. The predicted molar refractivity (Wildman–Crippen MR) is 50.5 cm³/mol. The van der Waals surface area contributed by atoms with Gasteiger partial charge in [0.1, 0.15) is 0 Å². The molecule has 0 atom stereocenters. The molecule has 0 aliphatic heterocycles. The molecule has 80 valence electrons. The second-order valence-corrected chi connectivity index (χ2v) is 2.74. The molecule has 0 aliphatic rings. The van der Waals surface area contributed by atoms with Gasteiger partial charge in [-0.15, -0.1) is 0 Å². The fourth-order valence-electron chi connectivity index (χ4n) is 0.986. The van der Waals surface area contributed by atoms with E-state index >= 15 is 0 Å². The number of carbonyl (C=O) groups excluding carboxylic acids is 2. The van der Waals surface area contributed by atoms with E-state index in [1.54, 1.807) is 0 Å². The van der Waals surface area contributed by atoms with Gasteiger partial charge >= 0.3 is 11.9 Å². The van der Waals surface area contributed by atoms with Crippen LogP contribution in [0.4, 0.5) is 0 Å². The standard InChI is InChI=1S/C10H6N2O4/c13-9(7-6-11-3-4-12-7)16-10(14)8-2-1-5-15-8/h1-6H. The minimum atomic E-state index is -0.866. The number of hydrogen-bond donors (Lipinski definition) is 0. The van der Waals surface area contributed by atoms with Gasteiger partial charge in [0.15, 0.2) is 5.69 Å². The van der Waals surface area contributed by atoms with Crippen molar-refractivity contribution in [2.45, 2.75) is 0 Å². The van der Waals surface area contributed by atoms with Crippen LogP contribution in [0, 0.1) is 0 Å². The molecule has 0 saturated carbocycles. The number of furan rings is 1. The van der Waals surface area contributed by atoms with Crippen LogP contribution in [0.5, 0.6) is 0 Å². The quantitative estimate of drug-likeness (QED) is 0.553. The zero-order valence-electron chi connectivity index (χ0n) is 7.99. The van der Waals surface area contributed by atoms with Gasteiger partial charge in [0.25, 0.3) is 0 Å². The van der Waals surface area contributed by atoms with E-state index < -0.39 is 11.9 Å². The van der Waals surface area contributed by atoms with Crippen LogP contribution in [-0.4, -0.2) is 21.9 Å². The molecule has 6 nitrogen and oxygen atoms in total. The van der Waals surface area contributed by atoms with E-state index in [0.29, 0.717) is 0 Å². The van der Waals surface area contributed by atoms with Gasteiger partial charge in [-0.05, 0) is 12.1 Å². The highest BCUT2D eigenvalue weighted by molar-refractivity contribution is 6.00. The minimum absolute atomic E-state index is 0.0394. The Labute approximate surface area is 89.9 Å². The second kappa shape index (κ2) is 4.35. The molecule has 0 radical (unpaired) electrons. The molecule has 16 heavy (non-hydrogen) atoms. The summed E-state index contributed by atoms with van der Waals surface area (Å²) in [7, 11) is 0. The molecular weight excluding hydrogens is 212 g/mol. The van der Waals surface area contributed by atoms with E-state index in [0.717, 1.165) is 0 Å². The number of ether oxygens (including phenoxy) is 1. The number of aromatic nitrogens is 2. The second-order valence-electron chi connectivity index (χ2n) is 2.74. The number of hydrogen-bond acceptors (Lipinski definition) is 6. The van der Waals surface area contributed by atoms with Gasteiger partial charge in [0.2, 0.25) is 5.76 Å². The Balaban J connectivity index is 2.06. The lowest BCUT2D eigenvalue weighted by molar-refractivity contribution is 0.0371. The van der Waals surface area contributed by atoms with Crippen molar-refractivity contribution in [3.63, 3.8) is 0 Å². The van der Waals surface area contributed by atoms with Crippen LogP contribution < -0.4 is 0 Å². The Morgan fingerprint density at radius 2 is 2.12 bits per heavy atom. The Morgan fingerprint density at radius 3 is 2.75 bits per heavy atom. The first kappa shape index (κ1) is 10.0. The van der Waals surface area contributed by atoms with Gasteiger partial charge in [-0.2, -0.15) is 0 Å². The first-order valence-corrected chi connectivity index (χ1v) is 4.33. The van der Waals surface area contributed by atoms with Gasteiger partial charge < -0.3 is 9.15 Å². The number of nitrogens with zero attached hydrogens (tertiary/aromatic N) is 2. The van der Waals surface area contributed by atoms with Crippen molar-refractivity contribution in [2.75, 3.05) is 0 Å². The summed E-state index contributed by atoms with van der Waals surface area (Å²) >= 11 is 0. The Hall–Kier alpha value is -2.50. The molecule has 0 N–H and O–H groups in total. The number of rotatable bonds is 2. The Kier molecular flexibility index (Phi) is 2.73. The fraction of sp³-hybridized carbons (Fsp3) is 0. The summed E-state index contributed by atoms with van der Waals surface area (Å²) in [5, 5.41) is 0. The van der Waals surface area contributed by atoms with E-state index in [4.69, 9.17) is 4.42 Å². The summed E-state index contributed by atoms with van der Waals surface area (Å²) in [6.45, 7) is 0. The van der Waals surface area contributed by atoms with Gasteiger partial charge in [-0.25, -0.2) is 14.6 Å². The fourth-order valence-corrected chi connectivity index (χ4v) is 0.986. The molecule has 0 aromatic carbocycles. The van der Waals surface area contributed by atoms with Crippen LogP contribution in [0.1, 0.15) is 21.0 Å². The lowest BCUT2D eigenvalue weighted by Crippen LogP contribution is -2.13. The van der Waals surface area contributed by atoms with E-state index in [1.165, 1.54) is 37.0 Å². The van der Waals surface area contributed by atoms with Crippen molar-refractivity contribution in [1.82, 2.24) is 9.97 Å². The molecule has 0 unspecified atom stereocenters. The summed E-state index contributed by atoms with van der Waals surface area (Å²) in [6, 6.07) is 2.91. The third-order valence-corrected chi connectivity index (χ3v) is 1.68. The van der Waals surface area contributed by atoms with Gasteiger partial charge in [0.05, 0.1) is 12.5 Å². The average Bonchev–Trinajstić information content (AvgIpc) is 2.83. The molecule has 0 amide bonds. The van der Waals surface area contributed by atoms with Crippen molar-refractivity contribution in [3.05, 3.63) is 48.4 Å². The van der Waals surface area contributed by atoms with Crippen molar-refractivity contribution in [1.29, 1.82) is 0 Å². The van der Waals surface area contributed by atoms with Crippen molar-refractivity contribution < 1.29 is 18.7 Å². The maximum atomic E-state index is 11.4. The van der Waals surface area contributed by atoms with E-state index in [-0.39, 0.29) is 11.5 Å². The molecule has 2 rings (SSSR count). The van der Waals surface area contributed by atoms with Gasteiger partial charge in [0, 0.05) is 12.4 Å². The van der Waals surface area contributed by atoms with Crippen molar-refractivity contribution >= 4 is 11.9 Å². The van der Waals surface area contributed by atoms with E-state index in [2.05, 4.69) is 14.7 Å². The zero-order chi connectivity index (χ0) is 11.4. The van der Waals surface area contributed by atoms with Gasteiger partial charge in [-0.3, -0.25) is 4.98 Å². The van der Waals surface area contributed by atoms with Crippen molar-refractivity contribution in [2.24, 2.45) is 0 Å². The average molecular weight is 218 g/mol. The first-order chi connectivity index (χ1) is 7.77. The van der Waals surface area contributed by atoms with E-state index in [9.17, 15) is 9.59 Å². The molecule has 0 saturated heterocycles. The summed E-state index contributed by atoms with van der Waals surface area (Å²) in [4.78, 5) is 30.0. The molecule has 2 aromatic heterocycles. The van der Waals surface area contributed by atoms with Crippen LogP contribution in [0.2, 0.25) is 0 Å². The maximum Gasteiger partial charge on any atom is 0.382 e. The minimum Gasteiger partial charge on any atom is -0.457 e. The molecule has 0 bridgehead atoms. The van der Waals surface area contributed by atoms with Crippen LogP contribution >= 0.6 is 0 Å². The Bertz CT molecular complexity index is 493. The number of carbonyl (C=O) groups is 2. The predicted octanol–water partition coefficient (Wildman–Crippen LogP) is 1.07. The number of esters is 2. The summed E-state index contributed by atoms with van der Waals surface area (Å²) < 4.78 is 9.28. The maximum absolute atomic E-state index is 11.4. The Morgan fingerprint density at radius 1 is 1.25 bits per heavy atom. The van der Waals surface area contributed by atoms with E-state index in [1.807, 2.05) is 0 Å². The monoisotopic (exact) mass is 218 g/mol. The molecule has 0 aliphatic carbocycles. The molecular formula is C10H6N2O4. The highest BCUT2D eigenvalue weighted by Crippen LogP contribution is 2.04. The highest BCUT2D eigenvalue weighted by Gasteiger charge is 2.17. The van der Waals surface area contributed by atoms with Crippen LogP contribution in [-0.2, 0) is 4.74 Å². The molecule has 2 aromatic rings. The normalized spacial score (nSPS) is 9.75. The lowest BCUT2D eigenvalue weighted by Gasteiger charge is -1.98.